The first-order valence-electron chi connectivity index (χ1n) is 13.8. The molecule has 4 heterocycles. The molecule has 1 aliphatic rings. The number of aromatic nitrogens is 6. The van der Waals surface area contributed by atoms with Gasteiger partial charge in [0.2, 0.25) is 15.7 Å². The molecule has 1 aliphatic carbocycles. The van der Waals surface area contributed by atoms with Crippen molar-refractivity contribution in [2.45, 2.75) is 75.8 Å². The highest BCUT2D eigenvalue weighted by atomic mass is 32.2. The third kappa shape index (κ3) is 7.58. The van der Waals surface area contributed by atoms with Crippen molar-refractivity contribution in [3.8, 4) is 0 Å². The molecule has 220 valence electrons. The number of aryl methyl sites for hydroxylation is 4. The first kappa shape index (κ1) is 29.8. The summed E-state index contributed by atoms with van der Waals surface area (Å²) < 4.78 is 26.0. The number of aliphatic hydroxyl groups excluding tert-OH is 1. The van der Waals surface area contributed by atoms with Gasteiger partial charge in [-0.25, -0.2) is 23.4 Å². The van der Waals surface area contributed by atoms with Gasteiger partial charge in [0.1, 0.15) is 0 Å². The van der Waals surface area contributed by atoms with E-state index >= 15 is 0 Å². The van der Waals surface area contributed by atoms with Gasteiger partial charge in [-0.15, -0.1) is 11.3 Å². The van der Waals surface area contributed by atoms with E-state index in [9.17, 15) is 18.3 Å². The third-order valence-corrected chi connectivity index (χ3v) is 9.67. The van der Waals surface area contributed by atoms with Gasteiger partial charge in [-0.05, 0) is 50.7 Å². The lowest BCUT2D eigenvalue weighted by atomic mass is 9.86. The molecule has 0 saturated heterocycles. The normalized spacial score (nSPS) is 17.2. The highest BCUT2D eigenvalue weighted by Gasteiger charge is 2.31. The third-order valence-electron chi connectivity index (χ3n) is 7.08. The van der Waals surface area contributed by atoms with Crippen LogP contribution in [-0.2, 0) is 39.8 Å². The summed E-state index contributed by atoms with van der Waals surface area (Å²) in [5.41, 5.74) is 3.54. The molecular weight excluding hydrogens is 574 g/mol. The molecule has 1 amide bonds. The Labute approximate surface area is 249 Å². The maximum Gasteiger partial charge on any atom is 0.231 e. The van der Waals surface area contributed by atoms with Crippen LogP contribution < -0.4 is 4.90 Å². The molecule has 13 heteroatoms. The molecule has 0 spiro atoms. The van der Waals surface area contributed by atoms with Crippen LogP contribution in [0.2, 0.25) is 0 Å². The van der Waals surface area contributed by atoms with Crippen LogP contribution in [0.15, 0.2) is 53.7 Å². The van der Waals surface area contributed by atoms with Gasteiger partial charge in [-0.3, -0.25) is 24.6 Å². The van der Waals surface area contributed by atoms with E-state index in [4.69, 9.17) is 4.98 Å². The van der Waals surface area contributed by atoms with Gasteiger partial charge >= 0.3 is 0 Å². The standard InChI is InChI=1S/C29H33N7O4S2/c1-19-8-21(11-30-10-19)18-42(39,40)28-15-32-24(13-33-28)16-36(29(38)22-4-3-5-25(37)9-22)26-14-31-12-23(35-26)6-7-27-34-20(2)17-41-27/h8,10-15,17,22,25,37H,3-7,9,16,18H2,1-2H3. The minimum absolute atomic E-state index is 0.0321. The first-order chi connectivity index (χ1) is 20.2. The number of nitrogens with zero attached hydrogens (tertiary/aromatic N) is 7. The van der Waals surface area contributed by atoms with E-state index in [-0.39, 0.29) is 29.1 Å². The Balaban J connectivity index is 1.36. The van der Waals surface area contributed by atoms with Crippen LogP contribution in [-0.4, -0.2) is 55.4 Å². The van der Waals surface area contributed by atoms with E-state index in [1.54, 1.807) is 29.8 Å². The minimum atomic E-state index is -3.75. The Morgan fingerprint density at radius 2 is 1.83 bits per heavy atom. The fourth-order valence-electron chi connectivity index (χ4n) is 5.02. The number of pyridine rings is 1. The highest BCUT2D eigenvalue weighted by Crippen LogP contribution is 2.28. The number of rotatable bonds is 10. The van der Waals surface area contributed by atoms with Gasteiger partial charge in [0, 0.05) is 42.0 Å². The Morgan fingerprint density at radius 1 is 1.00 bits per heavy atom. The van der Waals surface area contributed by atoms with Gasteiger partial charge in [0.25, 0.3) is 0 Å². The molecule has 5 rings (SSSR count). The molecule has 0 bridgehead atoms. The lowest BCUT2D eigenvalue weighted by molar-refractivity contribution is -0.124. The van der Waals surface area contributed by atoms with Gasteiger partial charge in [-0.2, -0.15) is 0 Å². The van der Waals surface area contributed by atoms with Crippen molar-refractivity contribution in [2.75, 3.05) is 4.90 Å². The molecule has 2 unspecified atom stereocenters. The molecule has 0 aliphatic heterocycles. The Hall–Kier alpha value is -3.68. The van der Waals surface area contributed by atoms with Crippen molar-refractivity contribution in [3.05, 3.63) is 81.8 Å². The van der Waals surface area contributed by atoms with Gasteiger partial charge in [0.15, 0.2) is 10.8 Å². The fourth-order valence-corrected chi connectivity index (χ4v) is 6.96. The molecule has 42 heavy (non-hydrogen) atoms. The fraction of sp³-hybridized carbons (Fsp3) is 0.414. The minimum Gasteiger partial charge on any atom is -0.393 e. The average molecular weight is 608 g/mol. The number of sulfone groups is 1. The molecular formula is C29H33N7O4S2. The predicted octanol–water partition coefficient (Wildman–Crippen LogP) is 3.58. The van der Waals surface area contributed by atoms with E-state index in [2.05, 4.69) is 24.9 Å². The zero-order chi connectivity index (χ0) is 29.7. The van der Waals surface area contributed by atoms with E-state index in [1.807, 2.05) is 19.2 Å². The number of hydrogen-bond acceptors (Lipinski definition) is 11. The Morgan fingerprint density at radius 3 is 2.55 bits per heavy atom. The second-order valence-electron chi connectivity index (χ2n) is 10.7. The Kier molecular flexibility index (Phi) is 9.29. The van der Waals surface area contributed by atoms with Crippen LogP contribution in [0.25, 0.3) is 0 Å². The molecule has 1 saturated carbocycles. The number of anilines is 1. The molecule has 1 fully saturated rings. The highest BCUT2D eigenvalue weighted by molar-refractivity contribution is 7.90. The molecule has 0 radical (unpaired) electrons. The topological polar surface area (TPSA) is 152 Å². The summed E-state index contributed by atoms with van der Waals surface area (Å²) in [7, 11) is -3.75. The zero-order valence-electron chi connectivity index (χ0n) is 23.5. The van der Waals surface area contributed by atoms with Crippen LogP contribution in [0.4, 0.5) is 5.82 Å². The summed E-state index contributed by atoms with van der Waals surface area (Å²) in [6.07, 6.45) is 12.3. The number of carbonyl (C=O) groups is 1. The number of hydrogen-bond donors (Lipinski definition) is 1. The van der Waals surface area contributed by atoms with Crippen LogP contribution in [0.1, 0.15) is 58.9 Å². The monoisotopic (exact) mass is 607 g/mol. The second kappa shape index (κ2) is 13.1. The maximum atomic E-state index is 13.8. The summed E-state index contributed by atoms with van der Waals surface area (Å²) in [5.74, 6) is -0.416. The quantitative estimate of drug-likeness (QED) is 0.283. The molecule has 2 atom stereocenters. The van der Waals surface area contributed by atoms with Gasteiger partial charge < -0.3 is 5.11 Å². The SMILES string of the molecule is Cc1cncc(CS(=O)(=O)c2cnc(CN(C(=O)C3CCCC(O)C3)c3cncc(CCc4nc(C)cs4)n3)cn2)c1. The van der Waals surface area contributed by atoms with Crippen LogP contribution in [0.5, 0.6) is 0 Å². The molecule has 1 N–H and O–H groups in total. The van der Waals surface area contributed by atoms with Crippen molar-refractivity contribution < 1.29 is 18.3 Å². The molecule has 4 aromatic heterocycles. The number of amides is 1. The largest absolute Gasteiger partial charge is 0.393 e. The maximum absolute atomic E-state index is 13.8. The van der Waals surface area contributed by atoms with E-state index in [1.165, 1.54) is 29.7 Å². The van der Waals surface area contributed by atoms with Crippen molar-refractivity contribution in [1.82, 2.24) is 29.9 Å². The molecule has 4 aromatic rings. The van der Waals surface area contributed by atoms with E-state index in [0.717, 1.165) is 28.4 Å². The molecule has 11 nitrogen and oxygen atoms in total. The van der Waals surface area contributed by atoms with E-state index < -0.39 is 15.9 Å². The summed E-state index contributed by atoms with van der Waals surface area (Å²) in [6, 6.07) is 1.77. The number of thiazole rings is 1. The lowest BCUT2D eigenvalue weighted by Crippen LogP contribution is -2.39. The van der Waals surface area contributed by atoms with Crippen molar-refractivity contribution in [2.24, 2.45) is 5.92 Å². The predicted molar refractivity (Wildman–Crippen MR) is 157 cm³/mol. The summed E-state index contributed by atoms with van der Waals surface area (Å²) in [5, 5.41) is 13.1. The molecule has 0 aromatic carbocycles. The van der Waals surface area contributed by atoms with Gasteiger partial charge in [-0.1, -0.05) is 12.5 Å². The summed E-state index contributed by atoms with van der Waals surface area (Å²) in [4.78, 5) is 41.5. The summed E-state index contributed by atoms with van der Waals surface area (Å²) in [6.45, 7) is 3.84. The van der Waals surface area contributed by atoms with Crippen molar-refractivity contribution in [3.63, 3.8) is 0 Å². The van der Waals surface area contributed by atoms with Gasteiger partial charge in [0.05, 0.1) is 53.4 Å². The van der Waals surface area contributed by atoms with Crippen LogP contribution in [0.3, 0.4) is 0 Å². The van der Waals surface area contributed by atoms with Crippen molar-refractivity contribution in [1.29, 1.82) is 0 Å². The summed E-state index contributed by atoms with van der Waals surface area (Å²) >= 11 is 1.60. The lowest BCUT2D eigenvalue weighted by Gasteiger charge is -2.30. The van der Waals surface area contributed by atoms with Crippen LogP contribution >= 0.6 is 11.3 Å². The van der Waals surface area contributed by atoms with Crippen LogP contribution in [0, 0.1) is 19.8 Å². The first-order valence-corrected chi connectivity index (χ1v) is 16.3. The second-order valence-corrected chi connectivity index (χ2v) is 13.5. The zero-order valence-corrected chi connectivity index (χ0v) is 25.2. The van der Waals surface area contributed by atoms with Crippen molar-refractivity contribution >= 4 is 32.9 Å². The number of carbonyl (C=O) groups excluding carboxylic acids is 1. The average Bonchev–Trinajstić information content (AvgIpc) is 3.39. The van der Waals surface area contributed by atoms with E-state index in [0.29, 0.717) is 49.2 Å². The number of aliphatic hydroxyl groups is 1. The Bertz CT molecular complexity index is 1640. The smallest absolute Gasteiger partial charge is 0.231 e.